The van der Waals surface area contributed by atoms with Crippen LogP contribution in [0.3, 0.4) is 0 Å². The van der Waals surface area contributed by atoms with Crippen molar-refractivity contribution in [2.75, 3.05) is 33.3 Å². The normalized spacial score (nSPS) is 16.0. The molecule has 0 atom stereocenters. The van der Waals surface area contributed by atoms with Crippen molar-refractivity contribution >= 4 is 27.3 Å². The largest absolute Gasteiger partial charge is 0.494 e. The smallest absolute Gasteiger partial charge is 0.254 e. The van der Waals surface area contributed by atoms with E-state index in [0.29, 0.717) is 4.21 Å². The number of benzene rings is 1. The molecule has 0 radical (unpaired) electrons. The van der Waals surface area contributed by atoms with Crippen LogP contribution in [0.25, 0.3) is 0 Å². The van der Waals surface area contributed by atoms with Crippen LogP contribution >= 0.6 is 11.3 Å². The molecule has 134 valence electrons. The Hall–Kier alpha value is -1.97. The molecule has 6 nitrogen and oxygen atoms in total. The lowest BCUT2D eigenvalue weighted by atomic mass is 10.1. The Bertz CT molecular complexity index is 860. The van der Waals surface area contributed by atoms with E-state index in [1.54, 1.807) is 17.5 Å². The first-order chi connectivity index (χ1) is 11.9. The minimum atomic E-state index is -3.51. The fraction of sp³-hybridized carbons (Fsp3) is 0.312. The Kier molecular flexibility index (Phi) is 5.07. The number of carbonyl (C=O) groups is 1. The maximum atomic E-state index is 13.8. The number of amides is 1. The second-order valence-electron chi connectivity index (χ2n) is 5.48. The lowest BCUT2D eigenvalue weighted by molar-refractivity contribution is 0.0697. The summed E-state index contributed by atoms with van der Waals surface area (Å²) in [6.07, 6.45) is 0. The van der Waals surface area contributed by atoms with E-state index in [2.05, 4.69) is 0 Å². The first-order valence-corrected chi connectivity index (χ1v) is 9.92. The number of piperazine rings is 1. The zero-order valence-electron chi connectivity index (χ0n) is 13.5. The molecule has 0 spiro atoms. The van der Waals surface area contributed by atoms with Gasteiger partial charge in [0.2, 0.25) is 0 Å². The summed E-state index contributed by atoms with van der Waals surface area (Å²) in [7, 11) is -2.16. The van der Waals surface area contributed by atoms with Crippen molar-refractivity contribution in [3.63, 3.8) is 0 Å². The molecule has 1 aromatic heterocycles. The maximum Gasteiger partial charge on any atom is 0.254 e. The monoisotopic (exact) mass is 384 g/mol. The predicted molar refractivity (Wildman–Crippen MR) is 91.9 cm³/mol. The minimum Gasteiger partial charge on any atom is -0.494 e. The van der Waals surface area contributed by atoms with Gasteiger partial charge in [-0.2, -0.15) is 4.31 Å². The van der Waals surface area contributed by atoms with Crippen LogP contribution in [0.1, 0.15) is 10.4 Å². The number of halogens is 1. The van der Waals surface area contributed by atoms with Crippen LogP contribution in [0.5, 0.6) is 5.75 Å². The topological polar surface area (TPSA) is 66.9 Å². The molecule has 0 unspecified atom stereocenters. The third-order valence-electron chi connectivity index (χ3n) is 4.01. The number of methoxy groups -OCH3 is 1. The molecule has 0 N–H and O–H groups in total. The van der Waals surface area contributed by atoms with Crippen LogP contribution in [0.2, 0.25) is 0 Å². The molecule has 0 aliphatic carbocycles. The minimum absolute atomic E-state index is 0.0726. The lowest BCUT2D eigenvalue weighted by Crippen LogP contribution is -2.50. The van der Waals surface area contributed by atoms with Crippen molar-refractivity contribution in [3.05, 3.63) is 47.1 Å². The van der Waals surface area contributed by atoms with Gasteiger partial charge in [0.05, 0.1) is 7.11 Å². The summed E-state index contributed by atoms with van der Waals surface area (Å²) >= 11 is 1.17. The summed E-state index contributed by atoms with van der Waals surface area (Å²) in [4.78, 5) is 14.0. The summed E-state index contributed by atoms with van der Waals surface area (Å²) in [5, 5.41) is 1.71. The quantitative estimate of drug-likeness (QED) is 0.809. The number of nitrogens with zero attached hydrogens (tertiary/aromatic N) is 2. The van der Waals surface area contributed by atoms with Crippen LogP contribution in [-0.4, -0.2) is 56.8 Å². The Labute approximate surface area is 149 Å². The van der Waals surface area contributed by atoms with E-state index in [-0.39, 0.29) is 43.4 Å². The van der Waals surface area contributed by atoms with E-state index < -0.39 is 15.8 Å². The highest BCUT2D eigenvalue weighted by atomic mass is 32.2. The molecule has 0 saturated carbocycles. The molecule has 2 aromatic rings. The summed E-state index contributed by atoms with van der Waals surface area (Å²) in [6, 6.07) is 7.29. The zero-order chi connectivity index (χ0) is 18.0. The van der Waals surface area contributed by atoms with Gasteiger partial charge in [-0.05, 0) is 29.6 Å². The standard InChI is InChI=1S/C16H17FN2O4S2/c1-23-14-5-4-12(11-13(14)17)16(20)18-6-8-19(9-7-18)25(21,22)15-3-2-10-24-15/h2-5,10-11H,6-9H2,1H3. The van der Waals surface area contributed by atoms with E-state index >= 15 is 0 Å². The third kappa shape index (κ3) is 3.53. The van der Waals surface area contributed by atoms with E-state index in [9.17, 15) is 17.6 Å². The average Bonchev–Trinajstić information content (AvgIpc) is 3.16. The summed E-state index contributed by atoms with van der Waals surface area (Å²) in [6.45, 7) is 0.948. The van der Waals surface area contributed by atoms with E-state index in [1.165, 1.54) is 39.8 Å². The van der Waals surface area contributed by atoms with E-state index in [1.807, 2.05) is 0 Å². The van der Waals surface area contributed by atoms with Crippen molar-refractivity contribution in [1.82, 2.24) is 9.21 Å². The Morgan fingerprint density at radius 2 is 1.92 bits per heavy atom. The van der Waals surface area contributed by atoms with Gasteiger partial charge in [-0.3, -0.25) is 4.79 Å². The first kappa shape index (κ1) is 17.8. The SMILES string of the molecule is COc1ccc(C(=O)N2CCN(S(=O)(=O)c3cccs3)CC2)cc1F. The molecule has 1 aliphatic rings. The molecule has 1 amide bonds. The summed E-state index contributed by atoms with van der Waals surface area (Å²) in [5.74, 6) is -0.856. The maximum absolute atomic E-state index is 13.8. The Balaban J connectivity index is 1.68. The highest BCUT2D eigenvalue weighted by Crippen LogP contribution is 2.23. The van der Waals surface area contributed by atoms with Gasteiger partial charge in [0, 0.05) is 31.7 Å². The number of rotatable bonds is 4. The van der Waals surface area contributed by atoms with Crippen LogP contribution in [0.4, 0.5) is 4.39 Å². The number of hydrogen-bond donors (Lipinski definition) is 0. The molecule has 1 aromatic carbocycles. The van der Waals surface area contributed by atoms with Crippen molar-refractivity contribution in [1.29, 1.82) is 0 Å². The van der Waals surface area contributed by atoms with Gasteiger partial charge in [-0.15, -0.1) is 11.3 Å². The van der Waals surface area contributed by atoms with Gasteiger partial charge in [0.25, 0.3) is 15.9 Å². The first-order valence-electron chi connectivity index (χ1n) is 7.60. The highest BCUT2D eigenvalue weighted by Gasteiger charge is 2.31. The molecule has 0 bridgehead atoms. The molecule has 1 fully saturated rings. The lowest BCUT2D eigenvalue weighted by Gasteiger charge is -2.33. The second-order valence-corrected chi connectivity index (χ2v) is 8.59. The predicted octanol–water partition coefficient (Wildman–Crippen LogP) is 2.04. The van der Waals surface area contributed by atoms with Crippen LogP contribution in [0.15, 0.2) is 39.9 Å². The molecule has 3 rings (SSSR count). The second kappa shape index (κ2) is 7.11. The molecule has 9 heteroatoms. The van der Waals surface area contributed by atoms with Gasteiger partial charge >= 0.3 is 0 Å². The third-order valence-corrected chi connectivity index (χ3v) is 7.29. The summed E-state index contributed by atoms with van der Waals surface area (Å²) < 4.78 is 45.2. The van der Waals surface area contributed by atoms with Gasteiger partial charge < -0.3 is 9.64 Å². The van der Waals surface area contributed by atoms with Gasteiger partial charge in [0.15, 0.2) is 11.6 Å². The summed E-state index contributed by atoms with van der Waals surface area (Å²) in [5.41, 5.74) is 0.216. The molecule has 1 aliphatic heterocycles. The van der Waals surface area contributed by atoms with Gasteiger partial charge in [-0.1, -0.05) is 6.07 Å². The van der Waals surface area contributed by atoms with E-state index in [4.69, 9.17) is 4.74 Å². The fourth-order valence-electron chi connectivity index (χ4n) is 2.65. The van der Waals surface area contributed by atoms with Crippen molar-refractivity contribution in [2.45, 2.75) is 4.21 Å². The number of hydrogen-bond acceptors (Lipinski definition) is 5. The molecular weight excluding hydrogens is 367 g/mol. The zero-order valence-corrected chi connectivity index (χ0v) is 15.1. The average molecular weight is 384 g/mol. The molecule has 1 saturated heterocycles. The van der Waals surface area contributed by atoms with Crippen LogP contribution in [-0.2, 0) is 10.0 Å². The number of thiophene rings is 1. The van der Waals surface area contributed by atoms with Crippen molar-refractivity contribution in [2.24, 2.45) is 0 Å². The van der Waals surface area contributed by atoms with Crippen LogP contribution < -0.4 is 4.74 Å². The number of ether oxygens (including phenoxy) is 1. The van der Waals surface area contributed by atoms with Crippen molar-refractivity contribution < 1.29 is 22.3 Å². The number of carbonyl (C=O) groups excluding carboxylic acids is 1. The Morgan fingerprint density at radius 3 is 2.48 bits per heavy atom. The van der Waals surface area contributed by atoms with Crippen molar-refractivity contribution in [3.8, 4) is 5.75 Å². The fourth-order valence-corrected chi connectivity index (χ4v) is 5.22. The van der Waals surface area contributed by atoms with Gasteiger partial charge in [0.1, 0.15) is 4.21 Å². The molecular formula is C16H17FN2O4S2. The van der Waals surface area contributed by atoms with E-state index in [0.717, 1.165) is 6.07 Å². The highest BCUT2D eigenvalue weighted by molar-refractivity contribution is 7.91. The molecule has 2 heterocycles. The molecule has 25 heavy (non-hydrogen) atoms. The number of sulfonamides is 1. The van der Waals surface area contributed by atoms with Crippen LogP contribution in [0, 0.1) is 5.82 Å². The Morgan fingerprint density at radius 1 is 1.20 bits per heavy atom. The van der Waals surface area contributed by atoms with Gasteiger partial charge in [-0.25, -0.2) is 12.8 Å².